The van der Waals surface area contributed by atoms with Gasteiger partial charge in [0.1, 0.15) is 0 Å². The number of benzene rings is 3. The molecule has 0 aliphatic carbocycles. The molecule has 0 saturated heterocycles. The molecule has 0 fully saturated rings. The number of amides is 1. The number of carbonyl (C=O) groups excluding carboxylic acids is 1. The van der Waals surface area contributed by atoms with Gasteiger partial charge >= 0.3 is 0 Å². The third-order valence-corrected chi connectivity index (χ3v) is 6.00. The van der Waals surface area contributed by atoms with Gasteiger partial charge in [0.05, 0.1) is 5.25 Å². The third-order valence-electron chi connectivity index (χ3n) is 4.71. The van der Waals surface area contributed by atoms with Crippen molar-refractivity contribution in [2.75, 3.05) is 11.2 Å². The van der Waals surface area contributed by atoms with Crippen LogP contribution in [0, 0.1) is 0 Å². The van der Waals surface area contributed by atoms with Gasteiger partial charge in [0.15, 0.2) is 5.82 Å². The van der Waals surface area contributed by atoms with E-state index in [0.717, 1.165) is 10.9 Å². The summed E-state index contributed by atoms with van der Waals surface area (Å²) >= 11 is 7.23. The van der Waals surface area contributed by atoms with Gasteiger partial charge in [-0.2, -0.15) is 0 Å². The quantitative estimate of drug-likeness (QED) is 0.342. The van der Waals surface area contributed by atoms with Crippen LogP contribution in [0.4, 0.5) is 5.69 Å². The van der Waals surface area contributed by atoms with Crippen molar-refractivity contribution in [3.05, 3.63) is 83.1 Å². The normalized spacial score (nSPS) is 12.1. The molecule has 8 heteroatoms. The summed E-state index contributed by atoms with van der Waals surface area (Å²) in [5.74, 6) is 6.71. The number of nitrogen functional groups attached to an aromatic ring is 1. The van der Waals surface area contributed by atoms with Crippen molar-refractivity contribution in [3.8, 4) is 0 Å². The molecule has 1 amide bonds. The molecule has 0 aliphatic rings. The molecule has 3 aromatic carbocycles. The molecule has 152 valence electrons. The Morgan fingerprint density at radius 3 is 2.73 bits per heavy atom. The third kappa shape index (κ3) is 4.42. The van der Waals surface area contributed by atoms with E-state index in [2.05, 4.69) is 39.8 Å². The standard InChI is InChI=1S/C22H20ClN5OS/c1-14(21(29)25-18-10-5-9-17(23)13-18)30-22-27-26-20(28(22)24)12-16-8-4-7-15-6-2-3-11-19(15)16/h2-11,13-14H,12,24H2,1H3,(H,25,29). The Morgan fingerprint density at radius 2 is 1.90 bits per heavy atom. The summed E-state index contributed by atoms with van der Waals surface area (Å²) in [7, 11) is 0. The Balaban J connectivity index is 1.47. The highest BCUT2D eigenvalue weighted by Crippen LogP contribution is 2.25. The van der Waals surface area contributed by atoms with Crippen LogP contribution >= 0.6 is 23.4 Å². The van der Waals surface area contributed by atoms with Crippen LogP contribution in [0.15, 0.2) is 71.9 Å². The molecule has 30 heavy (non-hydrogen) atoms. The molecule has 1 unspecified atom stereocenters. The first-order chi connectivity index (χ1) is 14.5. The van der Waals surface area contributed by atoms with Crippen LogP contribution in [0.5, 0.6) is 0 Å². The molecule has 1 atom stereocenters. The van der Waals surface area contributed by atoms with Crippen LogP contribution in [-0.2, 0) is 11.2 Å². The first-order valence-corrected chi connectivity index (χ1v) is 10.7. The van der Waals surface area contributed by atoms with E-state index in [1.165, 1.54) is 21.8 Å². The number of nitrogens with one attached hydrogen (secondary N) is 1. The monoisotopic (exact) mass is 437 g/mol. The highest BCUT2D eigenvalue weighted by molar-refractivity contribution is 8.00. The van der Waals surface area contributed by atoms with Gasteiger partial charge in [-0.15, -0.1) is 10.2 Å². The van der Waals surface area contributed by atoms with E-state index in [1.807, 2.05) is 18.2 Å². The van der Waals surface area contributed by atoms with Gasteiger partial charge in [-0.3, -0.25) is 4.79 Å². The van der Waals surface area contributed by atoms with Gasteiger partial charge in [-0.25, -0.2) is 4.68 Å². The lowest BCUT2D eigenvalue weighted by molar-refractivity contribution is -0.115. The minimum absolute atomic E-state index is 0.166. The summed E-state index contributed by atoms with van der Waals surface area (Å²) in [5, 5.41) is 14.2. The zero-order chi connectivity index (χ0) is 21.1. The van der Waals surface area contributed by atoms with Crippen LogP contribution in [0.3, 0.4) is 0 Å². The minimum atomic E-state index is -0.416. The summed E-state index contributed by atoms with van der Waals surface area (Å²) in [5.41, 5.74) is 1.77. The van der Waals surface area contributed by atoms with Crippen molar-refractivity contribution < 1.29 is 4.79 Å². The summed E-state index contributed by atoms with van der Waals surface area (Å²) in [6.07, 6.45) is 0.550. The lowest BCUT2D eigenvalue weighted by Gasteiger charge is -2.12. The number of nitrogens with zero attached hydrogens (tertiary/aromatic N) is 3. The average Bonchev–Trinajstić information content (AvgIpc) is 3.07. The van der Waals surface area contributed by atoms with E-state index in [0.29, 0.717) is 28.1 Å². The lowest BCUT2D eigenvalue weighted by atomic mass is 10.0. The molecule has 1 aromatic heterocycles. The number of hydrogen-bond acceptors (Lipinski definition) is 5. The number of thioether (sulfide) groups is 1. The second kappa shape index (κ2) is 8.77. The van der Waals surface area contributed by atoms with E-state index in [9.17, 15) is 4.79 Å². The molecule has 0 spiro atoms. The van der Waals surface area contributed by atoms with Crippen LogP contribution in [0.1, 0.15) is 18.3 Å². The fourth-order valence-corrected chi connectivity index (χ4v) is 4.13. The second-order valence-electron chi connectivity index (χ2n) is 6.84. The van der Waals surface area contributed by atoms with Crippen LogP contribution in [-0.4, -0.2) is 26.0 Å². The Morgan fingerprint density at radius 1 is 1.13 bits per heavy atom. The second-order valence-corrected chi connectivity index (χ2v) is 8.59. The molecule has 0 aliphatic heterocycles. The molecular weight excluding hydrogens is 418 g/mol. The van der Waals surface area contributed by atoms with Crippen molar-refractivity contribution in [2.24, 2.45) is 0 Å². The predicted molar refractivity (Wildman–Crippen MR) is 122 cm³/mol. The van der Waals surface area contributed by atoms with E-state index in [1.54, 1.807) is 31.2 Å². The van der Waals surface area contributed by atoms with Gasteiger partial charge in [-0.1, -0.05) is 71.9 Å². The van der Waals surface area contributed by atoms with Gasteiger partial charge in [-0.05, 0) is 41.5 Å². The van der Waals surface area contributed by atoms with E-state index in [4.69, 9.17) is 17.4 Å². The number of rotatable bonds is 6. The molecule has 6 nitrogen and oxygen atoms in total. The number of aromatic nitrogens is 3. The summed E-state index contributed by atoms with van der Waals surface area (Å²) in [6.45, 7) is 1.80. The maximum Gasteiger partial charge on any atom is 0.237 e. The molecule has 4 aromatic rings. The number of fused-ring (bicyclic) bond motifs is 1. The SMILES string of the molecule is CC(Sc1nnc(Cc2cccc3ccccc23)n1N)C(=O)Nc1cccc(Cl)c1. The van der Waals surface area contributed by atoms with Crippen molar-refractivity contribution in [1.82, 2.24) is 14.9 Å². The first kappa shape index (κ1) is 20.3. The molecule has 0 saturated carbocycles. The number of carbonyl (C=O) groups is 1. The number of hydrogen-bond donors (Lipinski definition) is 2. The Labute approximate surface area is 183 Å². The number of nitrogens with two attached hydrogens (primary N) is 1. The zero-order valence-corrected chi connectivity index (χ0v) is 17.8. The lowest BCUT2D eigenvalue weighted by Crippen LogP contribution is -2.24. The molecular formula is C22H20ClN5OS. The Kier molecular flexibility index (Phi) is 5.92. The van der Waals surface area contributed by atoms with Crippen LogP contribution in [0.2, 0.25) is 5.02 Å². The first-order valence-electron chi connectivity index (χ1n) is 9.40. The maximum atomic E-state index is 12.5. The van der Waals surface area contributed by atoms with E-state index < -0.39 is 5.25 Å². The summed E-state index contributed by atoms with van der Waals surface area (Å²) in [6, 6.07) is 21.4. The molecule has 3 N–H and O–H groups in total. The minimum Gasteiger partial charge on any atom is -0.336 e. The Hall–Kier alpha value is -3.03. The molecule has 0 radical (unpaired) electrons. The van der Waals surface area contributed by atoms with Crippen molar-refractivity contribution in [1.29, 1.82) is 0 Å². The van der Waals surface area contributed by atoms with Crippen LogP contribution in [0.25, 0.3) is 10.8 Å². The molecule has 1 heterocycles. The summed E-state index contributed by atoms with van der Waals surface area (Å²) < 4.78 is 1.45. The topological polar surface area (TPSA) is 85.8 Å². The molecule has 4 rings (SSSR count). The highest BCUT2D eigenvalue weighted by atomic mass is 35.5. The smallest absolute Gasteiger partial charge is 0.237 e. The maximum absolute atomic E-state index is 12.5. The van der Waals surface area contributed by atoms with E-state index in [-0.39, 0.29) is 5.91 Å². The van der Waals surface area contributed by atoms with Crippen LogP contribution < -0.4 is 11.2 Å². The summed E-state index contributed by atoms with van der Waals surface area (Å²) in [4.78, 5) is 12.5. The fraction of sp³-hybridized carbons (Fsp3) is 0.136. The number of halogens is 1. The van der Waals surface area contributed by atoms with E-state index >= 15 is 0 Å². The van der Waals surface area contributed by atoms with Gasteiger partial charge in [0.25, 0.3) is 0 Å². The Bertz CT molecular complexity index is 1200. The van der Waals surface area contributed by atoms with Gasteiger partial charge in [0.2, 0.25) is 11.1 Å². The van der Waals surface area contributed by atoms with Gasteiger partial charge in [0, 0.05) is 17.1 Å². The predicted octanol–water partition coefficient (Wildman–Crippen LogP) is 4.51. The fourth-order valence-electron chi connectivity index (χ4n) is 3.15. The zero-order valence-electron chi connectivity index (χ0n) is 16.2. The largest absolute Gasteiger partial charge is 0.336 e. The number of anilines is 1. The van der Waals surface area contributed by atoms with Gasteiger partial charge < -0.3 is 11.2 Å². The molecule has 0 bridgehead atoms. The average molecular weight is 438 g/mol. The van der Waals surface area contributed by atoms with Crippen molar-refractivity contribution in [2.45, 2.75) is 23.8 Å². The highest BCUT2D eigenvalue weighted by Gasteiger charge is 2.20. The van der Waals surface area contributed by atoms with Crippen molar-refractivity contribution >= 4 is 45.7 Å². The van der Waals surface area contributed by atoms with Crippen molar-refractivity contribution in [3.63, 3.8) is 0 Å².